The van der Waals surface area contributed by atoms with Crippen molar-refractivity contribution >= 4 is 44.2 Å². The van der Waals surface area contributed by atoms with Gasteiger partial charge in [-0.2, -0.15) is 5.26 Å². The Labute approximate surface area is 138 Å². The van der Waals surface area contributed by atoms with Gasteiger partial charge in [-0.1, -0.05) is 42.2 Å². The first-order valence-corrected chi connectivity index (χ1v) is 8.51. The Morgan fingerprint density at radius 3 is 2.82 bits per heavy atom. The van der Waals surface area contributed by atoms with E-state index in [9.17, 15) is 10.1 Å². The number of amides is 1. The Morgan fingerprint density at radius 2 is 2.14 bits per heavy atom. The second-order valence-electron chi connectivity index (χ2n) is 5.73. The number of hydrogen-bond acceptors (Lipinski definition) is 4. The van der Waals surface area contributed by atoms with Crippen molar-refractivity contribution in [1.29, 1.82) is 5.26 Å². The van der Waals surface area contributed by atoms with E-state index in [2.05, 4.69) is 11.1 Å². The Morgan fingerprint density at radius 1 is 1.41 bits per heavy atom. The number of carbonyl (C=O) groups is 1. The third-order valence-electron chi connectivity index (χ3n) is 4.26. The quantitative estimate of drug-likeness (QED) is 0.819. The molecule has 6 heteroatoms. The van der Waals surface area contributed by atoms with Crippen LogP contribution in [0, 0.1) is 16.7 Å². The molecule has 0 atom stereocenters. The molecule has 22 heavy (non-hydrogen) atoms. The summed E-state index contributed by atoms with van der Waals surface area (Å²) in [5, 5.41) is 10.8. The van der Waals surface area contributed by atoms with Crippen molar-refractivity contribution in [2.45, 2.75) is 32.1 Å². The standard InChI is InChI=1S/C16H16ClN3OS/c1-20(14(21)16(10-18)7-3-2-4-8-16)15-19-12-6-5-11(17)9-13(12)22-15/h5-6,9H,2-4,7-8H2,1H3. The zero-order chi connectivity index (χ0) is 15.7. The molecule has 0 bridgehead atoms. The van der Waals surface area contributed by atoms with Crippen LogP contribution in [0.2, 0.25) is 5.02 Å². The monoisotopic (exact) mass is 333 g/mol. The lowest BCUT2D eigenvalue weighted by atomic mass is 9.74. The topological polar surface area (TPSA) is 57.0 Å². The SMILES string of the molecule is CN(C(=O)C1(C#N)CCCCC1)c1nc2ccc(Cl)cc2s1. The number of thiazole rings is 1. The number of aromatic nitrogens is 1. The molecule has 1 aromatic heterocycles. The van der Waals surface area contributed by atoms with Gasteiger partial charge in [0.1, 0.15) is 5.41 Å². The number of nitriles is 1. The summed E-state index contributed by atoms with van der Waals surface area (Å²) in [6.45, 7) is 0. The number of rotatable bonds is 2. The molecule has 0 saturated heterocycles. The molecule has 0 spiro atoms. The van der Waals surface area contributed by atoms with Crippen LogP contribution in [0.4, 0.5) is 5.13 Å². The van der Waals surface area contributed by atoms with Gasteiger partial charge in [0.25, 0.3) is 0 Å². The van der Waals surface area contributed by atoms with Gasteiger partial charge in [0.05, 0.1) is 16.3 Å². The van der Waals surface area contributed by atoms with E-state index in [0.717, 1.165) is 29.5 Å². The highest BCUT2D eigenvalue weighted by Gasteiger charge is 2.42. The van der Waals surface area contributed by atoms with Crippen LogP contribution in [0.5, 0.6) is 0 Å². The maximum Gasteiger partial charge on any atom is 0.248 e. The molecular weight excluding hydrogens is 318 g/mol. The molecule has 1 aliphatic carbocycles. The van der Waals surface area contributed by atoms with Crippen LogP contribution in [-0.2, 0) is 4.79 Å². The van der Waals surface area contributed by atoms with Crippen LogP contribution >= 0.6 is 22.9 Å². The van der Waals surface area contributed by atoms with Crippen molar-refractivity contribution in [3.8, 4) is 6.07 Å². The minimum absolute atomic E-state index is 0.139. The molecule has 1 heterocycles. The van der Waals surface area contributed by atoms with Crippen molar-refractivity contribution in [1.82, 2.24) is 4.98 Å². The van der Waals surface area contributed by atoms with Crippen molar-refractivity contribution < 1.29 is 4.79 Å². The van der Waals surface area contributed by atoms with Gasteiger partial charge in [0.15, 0.2) is 5.13 Å². The molecule has 1 aliphatic rings. The van der Waals surface area contributed by atoms with Crippen LogP contribution in [0.1, 0.15) is 32.1 Å². The lowest BCUT2D eigenvalue weighted by molar-refractivity contribution is -0.126. The third kappa shape index (κ3) is 2.57. The Kier molecular flexibility index (Phi) is 4.07. The van der Waals surface area contributed by atoms with E-state index in [-0.39, 0.29) is 5.91 Å². The Bertz CT molecular complexity index is 758. The average Bonchev–Trinajstić information content (AvgIpc) is 2.97. The summed E-state index contributed by atoms with van der Waals surface area (Å²) in [5.74, 6) is -0.139. The fourth-order valence-corrected chi connectivity index (χ4v) is 4.17. The second-order valence-corrected chi connectivity index (χ2v) is 7.17. The van der Waals surface area contributed by atoms with Gasteiger partial charge in [-0.15, -0.1) is 0 Å². The first-order chi connectivity index (χ1) is 10.6. The summed E-state index contributed by atoms with van der Waals surface area (Å²) in [6, 6.07) is 7.75. The number of benzene rings is 1. The molecule has 3 rings (SSSR count). The number of anilines is 1. The van der Waals surface area contributed by atoms with Crippen molar-refractivity contribution in [2.24, 2.45) is 5.41 Å². The lowest BCUT2D eigenvalue weighted by Gasteiger charge is -2.32. The van der Waals surface area contributed by atoms with Crippen LogP contribution in [0.3, 0.4) is 0 Å². The molecule has 2 aromatic rings. The number of halogens is 1. The van der Waals surface area contributed by atoms with E-state index in [1.165, 1.54) is 16.2 Å². The van der Waals surface area contributed by atoms with E-state index in [1.54, 1.807) is 13.1 Å². The van der Waals surface area contributed by atoms with E-state index in [4.69, 9.17) is 11.6 Å². The Balaban J connectivity index is 1.92. The zero-order valence-electron chi connectivity index (χ0n) is 12.3. The maximum atomic E-state index is 12.8. The summed E-state index contributed by atoms with van der Waals surface area (Å²) >= 11 is 7.41. The summed E-state index contributed by atoms with van der Waals surface area (Å²) in [4.78, 5) is 18.9. The second kappa shape index (κ2) is 5.86. The summed E-state index contributed by atoms with van der Waals surface area (Å²) in [6.07, 6.45) is 4.25. The normalized spacial score (nSPS) is 17.1. The van der Waals surface area contributed by atoms with Crippen LogP contribution in [0.15, 0.2) is 18.2 Å². The van der Waals surface area contributed by atoms with Crippen LogP contribution < -0.4 is 4.90 Å². The molecule has 1 aromatic carbocycles. The molecular formula is C16H16ClN3OS. The molecule has 0 aliphatic heterocycles. The minimum Gasteiger partial charge on any atom is -0.290 e. The number of nitrogens with zero attached hydrogens (tertiary/aromatic N) is 3. The highest BCUT2D eigenvalue weighted by molar-refractivity contribution is 7.22. The minimum atomic E-state index is -0.886. The summed E-state index contributed by atoms with van der Waals surface area (Å²) in [7, 11) is 1.70. The number of carbonyl (C=O) groups excluding carboxylic acids is 1. The molecule has 1 fully saturated rings. The first-order valence-electron chi connectivity index (χ1n) is 7.31. The van der Waals surface area contributed by atoms with E-state index < -0.39 is 5.41 Å². The van der Waals surface area contributed by atoms with Gasteiger partial charge in [0.2, 0.25) is 5.91 Å². The smallest absolute Gasteiger partial charge is 0.248 e. The maximum absolute atomic E-state index is 12.8. The highest BCUT2D eigenvalue weighted by atomic mass is 35.5. The lowest BCUT2D eigenvalue weighted by Crippen LogP contribution is -2.42. The molecule has 114 valence electrons. The third-order valence-corrected chi connectivity index (χ3v) is 5.59. The predicted octanol–water partition coefficient (Wildman–Crippen LogP) is 4.39. The molecule has 0 unspecified atom stereocenters. The van der Waals surface area contributed by atoms with Crippen LogP contribution in [-0.4, -0.2) is 17.9 Å². The van der Waals surface area contributed by atoms with E-state index >= 15 is 0 Å². The van der Waals surface area contributed by atoms with E-state index in [1.807, 2.05) is 12.1 Å². The molecule has 0 N–H and O–H groups in total. The molecule has 4 nitrogen and oxygen atoms in total. The first kappa shape index (κ1) is 15.3. The molecule has 1 saturated carbocycles. The number of fused-ring (bicyclic) bond motifs is 1. The fourth-order valence-electron chi connectivity index (χ4n) is 2.97. The van der Waals surface area contributed by atoms with Gasteiger partial charge in [-0.25, -0.2) is 4.98 Å². The fraction of sp³-hybridized carbons (Fsp3) is 0.438. The largest absolute Gasteiger partial charge is 0.290 e. The van der Waals surface area contributed by atoms with Gasteiger partial charge < -0.3 is 0 Å². The highest BCUT2D eigenvalue weighted by Crippen LogP contribution is 2.39. The van der Waals surface area contributed by atoms with Gasteiger partial charge >= 0.3 is 0 Å². The Hall–Kier alpha value is -1.64. The molecule has 1 amide bonds. The number of hydrogen-bond donors (Lipinski definition) is 0. The van der Waals surface area contributed by atoms with Crippen molar-refractivity contribution in [3.63, 3.8) is 0 Å². The molecule has 0 radical (unpaired) electrons. The van der Waals surface area contributed by atoms with Gasteiger partial charge in [0, 0.05) is 12.1 Å². The summed E-state index contributed by atoms with van der Waals surface area (Å²) < 4.78 is 0.941. The van der Waals surface area contributed by atoms with E-state index in [0.29, 0.717) is 23.0 Å². The summed E-state index contributed by atoms with van der Waals surface area (Å²) in [5.41, 5.74) is -0.0682. The van der Waals surface area contributed by atoms with Gasteiger partial charge in [-0.05, 0) is 31.0 Å². The average molecular weight is 334 g/mol. The van der Waals surface area contributed by atoms with Crippen molar-refractivity contribution in [2.75, 3.05) is 11.9 Å². The predicted molar refractivity (Wildman–Crippen MR) is 89.2 cm³/mol. The van der Waals surface area contributed by atoms with Crippen molar-refractivity contribution in [3.05, 3.63) is 23.2 Å². The van der Waals surface area contributed by atoms with Crippen LogP contribution in [0.25, 0.3) is 10.2 Å². The van der Waals surface area contributed by atoms with Gasteiger partial charge in [-0.3, -0.25) is 9.69 Å². The zero-order valence-corrected chi connectivity index (χ0v) is 13.9.